The van der Waals surface area contributed by atoms with Crippen molar-refractivity contribution in [3.8, 4) is 0 Å². The summed E-state index contributed by atoms with van der Waals surface area (Å²) in [4.78, 5) is 13.5. The predicted octanol–water partition coefficient (Wildman–Crippen LogP) is -0.328. The van der Waals surface area contributed by atoms with Crippen LogP contribution in [-0.2, 0) is 9.84 Å². The summed E-state index contributed by atoms with van der Waals surface area (Å²) >= 11 is 0. The molecule has 1 atom stereocenters. The smallest absolute Gasteiger partial charge is 0.314 e. The van der Waals surface area contributed by atoms with Gasteiger partial charge in [-0.1, -0.05) is 0 Å². The zero-order valence-corrected chi connectivity index (χ0v) is 11.9. The zero-order valence-electron chi connectivity index (χ0n) is 11.1. The molecule has 1 heterocycles. The van der Waals surface area contributed by atoms with E-state index < -0.39 is 9.84 Å². The third-order valence-electron chi connectivity index (χ3n) is 2.95. The molecule has 1 aliphatic rings. The van der Waals surface area contributed by atoms with Crippen molar-refractivity contribution in [2.45, 2.75) is 12.8 Å². The molecule has 0 aromatic heterocycles. The third kappa shape index (κ3) is 6.20. The quantitative estimate of drug-likeness (QED) is 0.652. The van der Waals surface area contributed by atoms with Crippen molar-refractivity contribution in [3.63, 3.8) is 0 Å². The molecule has 7 heteroatoms. The SMILES string of the molecule is CN(C)CCCNC(=O)NCC1CCS(=O)(=O)C1. The summed E-state index contributed by atoms with van der Waals surface area (Å²) in [6.45, 7) is 2.01. The maximum atomic E-state index is 11.4. The van der Waals surface area contributed by atoms with Gasteiger partial charge in [0.2, 0.25) is 0 Å². The lowest BCUT2D eigenvalue weighted by molar-refractivity contribution is 0.238. The first-order valence-electron chi connectivity index (χ1n) is 6.26. The van der Waals surface area contributed by atoms with Gasteiger partial charge in [-0.15, -0.1) is 0 Å². The maximum absolute atomic E-state index is 11.4. The number of hydrogen-bond donors (Lipinski definition) is 2. The number of amides is 2. The standard InChI is InChI=1S/C11H23N3O3S/c1-14(2)6-3-5-12-11(15)13-8-10-4-7-18(16,17)9-10/h10H,3-9H2,1-2H3,(H2,12,13,15). The van der Waals surface area contributed by atoms with E-state index >= 15 is 0 Å². The zero-order chi connectivity index (χ0) is 13.6. The lowest BCUT2D eigenvalue weighted by atomic mass is 10.1. The second-order valence-electron chi connectivity index (χ2n) is 5.06. The molecule has 1 saturated heterocycles. The number of carbonyl (C=O) groups excluding carboxylic acids is 1. The number of sulfone groups is 1. The first kappa shape index (κ1) is 15.2. The molecule has 0 radical (unpaired) electrons. The van der Waals surface area contributed by atoms with Gasteiger partial charge in [-0.25, -0.2) is 13.2 Å². The van der Waals surface area contributed by atoms with Crippen LogP contribution < -0.4 is 10.6 Å². The average Bonchev–Trinajstić information content (AvgIpc) is 2.61. The number of carbonyl (C=O) groups is 1. The van der Waals surface area contributed by atoms with Gasteiger partial charge in [0, 0.05) is 13.1 Å². The number of urea groups is 1. The largest absolute Gasteiger partial charge is 0.338 e. The molecular formula is C11H23N3O3S. The lowest BCUT2D eigenvalue weighted by Gasteiger charge is -2.12. The van der Waals surface area contributed by atoms with Crippen molar-refractivity contribution in [2.24, 2.45) is 5.92 Å². The highest BCUT2D eigenvalue weighted by Gasteiger charge is 2.27. The summed E-state index contributed by atoms with van der Waals surface area (Å²) in [6.07, 6.45) is 1.56. The van der Waals surface area contributed by atoms with Crippen molar-refractivity contribution in [1.29, 1.82) is 0 Å². The van der Waals surface area contributed by atoms with Crippen molar-refractivity contribution in [2.75, 3.05) is 45.2 Å². The monoisotopic (exact) mass is 277 g/mol. The van der Waals surface area contributed by atoms with Gasteiger partial charge in [0.15, 0.2) is 9.84 Å². The number of nitrogens with zero attached hydrogens (tertiary/aromatic N) is 1. The molecule has 1 fully saturated rings. The molecule has 0 aromatic carbocycles. The van der Waals surface area contributed by atoms with Crippen LogP contribution in [0.4, 0.5) is 4.79 Å². The predicted molar refractivity (Wildman–Crippen MR) is 71.3 cm³/mol. The fourth-order valence-electron chi connectivity index (χ4n) is 1.93. The molecule has 1 rings (SSSR count). The molecular weight excluding hydrogens is 254 g/mol. The van der Waals surface area contributed by atoms with E-state index in [4.69, 9.17) is 0 Å². The highest BCUT2D eigenvalue weighted by molar-refractivity contribution is 7.91. The minimum Gasteiger partial charge on any atom is -0.338 e. The fourth-order valence-corrected chi connectivity index (χ4v) is 3.79. The number of rotatable bonds is 6. The summed E-state index contributed by atoms with van der Waals surface area (Å²) < 4.78 is 22.5. The van der Waals surface area contributed by atoms with Crippen LogP contribution in [0.5, 0.6) is 0 Å². The first-order chi connectivity index (χ1) is 8.39. The molecule has 0 aliphatic carbocycles. The van der Waals surface area contributed by atoms with Gasteiger partial charge in [-0.05, 0) is 39.4 Å². The Morgan fingerprint density at radius 3 is 2.61 bits per heavy atom. The van der Waals surface area contributed by atoms with Crippen LogP contribution in [0.15, 0.2) is 0 Å². The van der Waals surface area contributed by atoms with Gasteiger partial charge >= 0.3 is 6.03 Å². The topological polar surface area (TPSA) is 78.5 Å². The second-order valence-corrected chi connectivity index (χ2v) is 7.29. The van der Waals surface area contributed by atoms with Crippen LogP contribution in [0.3, 0.4) is 0 Å². The highest BCUT2D eigenvalue weighted by atomic mass is 32.2. The molecule has 2 amide bonds. The molecule has 0 spiro atoms. The lowest BCUT2D eigenvalue weighted by Crippen LogP contribution is -2.39. The second kappa shape index (κ2) is 6.94. The Hall–Kier alpha value is -0.820. The van der Waals surface area contributed by atoms with Crippen LogP contribution in [0, 0.1) is 5.92 Å². The highest BCUT2D eigenvalue weighted by Crippen LogP contribution is 2.17. The van der Waals surface area contributed by atoms with Gasteiger partial charge in [-0.2, -0.15) is 0 Å². The minimum atomic E-state index is -2.85. The summed E-state index contributed by atoms with van der Waals surface area (Å²) in [5.41, 5.74) is 0. The molecule has 18 heavy (non-hydrogen) atoms. The fraction of sp³-hybridized carbons (Fsp3) is 0.909. The molecule has 0 bridgehead atoms. The van der Waals surface area contributed by atoms with Crippen molar-refractivity contribution in [3.05, 3.63) is 0 Å². The van der Waals surface area contributed by atoms with Crippen LogP contribution in [0.1, 0.15) is 12.8 Å². The maximum Gasteiger partial charge on any atom is 0.314 e. The molecule has 0 aromatic rings. The van der Waals surface area contributed by atoms with E-state index in [-0.39, 0.29) is 23.5 Å². The minimum absolute atomic E-state index is 0.0718. The summed E-state index contributed by atoms with van der Waals surface area (Å²) in [7, 11) is 1.12. The Morgan fingerprint density at radius 2 is 2.06 bits per heavy atom. The van der Waals surface area contributed by atoms with E-state index in [0.717, 1.165) is 13.0 Å². The van der Waals surface area contributed by atoms with E-state index in [2.05, 4.69) is 15.5 Å². The third-order valence-corrected chi connectivity index (χ3v) is 4.78. The van der Waals surface area contributed by atoms with Gasteiger partial charge in [0.25, 0.3) is 0 Å². The normalized spacial score (nSPS) is 22.1. The molecule has 6 nitrogen and oxygen atoms in total. The Balaban J connectivity index is 2.07. The Kier molecular flexibility index (Phi) is 5.87. The van der Waals surface area contributed by atoms with E-state index in [1.165, 1.54) is 0 Å². The van der Waals surface area contributed by atoms with Gasteiger partial charge in [0.05, 0.1) is 11.5 Å². The average molecular weight is 277 g/mol. The molecule has 106 valence electrons. The summed E-state index contributed by atoms with van der Waals surface area (Å²) in [5.74, 6) is 0.528. The molecule has 1 aliphatic heterocycles. The van der Waals surface area contributed by atoms with E-state index in [1.54, 1.807) is 0 Å². The van der Waals surface area contributed by atoms with Crippen molar-refractivity contribution in [1.82, 2.24) is 15.5 Å². The Bertz CT molecular complexity index is 368. The number of nitrogens with one attached hydrogen (secondary N) is 2. The summed E-state index contributed by atoms with van der Waals surface area (Å²) in [6, 6.07) is -0.210. The molecule has 1 unspecified atom stereocenters. The Labute approximate surface area is 109 Å². The van der Waals surface area contributed by atoms with E-state index in [9.17, 15) is 13.2 Å². The molecule has 0 saturated carbocycles. The van der Waals surface area contributed by atoms with Crippen LogP contribution in [0.2, 0.25) is 0 Å². The van der Waals surface area contributed by atoms with Gasteiger partial charge in [-0.3, -0.25) is 0 Å². The van der Waals surface area contributed by atoms with E-state index in [1.807, 2.05) is 14.1 Å². The van der Waals surface area contributed by atoms with Crippen LogP contribution >= 0.6 is 0 Å². The number of hydrogen-bond acceptors (Lipinski definition) is 4. The van der Waals surface area contributed by atoms with Crippen molar-refractivity contribution >= 4 is 15.9 Å². The summed E-state index contributed by atoms with van der Waals surface area (Å²) in [5, 5.41) is 5.48. The molecule has 2 N–H and O–H groups in total. The van der Waals surface area contributed by atoms with Crippen LogP contribution in [-0.4, -0.2) is 64.6 Å². The van der Waals surface area contributed by atoms with E-state index in [0.29, 0.717) is 19.5 Å². The Morgan fingerprint density at radius 1 is 1.33 bits per heavy atom. The van der Waals surface area contributed by atoms with Crippen molar-refractivity contribution < 1.29 is 13.2 Å². The first-order valence-corrected chi connectivity index (χ1v) is 8.08. The van der Waals surface area contributed by atoms with Gasteiger partial charge in [0.1, 0.15) is 0 Å². The van der Waals surface area contributed by atoms with Crippen LogP contribution in [0.25, 0.3) is 0 Å². The van der Waals surface area contributed by atoms with Gasteiger partial charge < -0.3 is 15.5 Å².